The van der Waals surface area contributed by atoms with Crippen molar-refractivity contribution in [2.24, 2.45) is 0 Å². The van der Waals surface area contributed by atoms with E-state index in [-0.39, 0.29) is 9.83 Å². The number of anilines is 1. The Balaban J connectivity index is 2.96. The molecule has 1 aromatic heterocycles. The number of hydrogen-bond acceptors (Lipinski definition) is 6. The first-order valence-corrected chi connectivity index (χ1v) is 5.48. The second-order valence-electron chi connectivity index (χ2n) is 3.48. The lowest BCUT2D eigenvalue weighted by Gasteiger charge is -2.07. The van der Waals surface area contributed by atoms with Gasteiger partial charge in [0.15, 0.2) is 5.13 Å². The fraction of sp³-hybridized carbons (Fsp3) is 0.111. The van der Waals surface area contributed by atoms with Gasteiger partial charge in [0, 0.05) is 6.07 Å². The fourth-order valence-corrected chi connectivity index (χ4v) is 2.30. The molecule has 10 heteroatoms. The van der Waals surface area contributed by atoms with E-state index in [1.54, 1.807) is 0 Å². The van der Waals surface area contributed by atoms with E-state index in [2.05, 4.69) is 4.98 Å². The van der Waals surface area contributed by atoms with Crippen molar-refractivity contribution in [3.05, 3.63) is 38.2 Å². The first-order valence-electron chi connectivity index (χ1n) is 4.66. The van der Waals surface area contributed by atoms with Gasteiger partial charge in [-0.25, -0.2) is 0 Å². The first-order chi connectivity index (χ1) is 8.70. The summed E-state index contributed by atoms with van der Waals surface area (Å²) < 4.78 is 37.6. The van der Waals surface area contributed by atoms with Crippen LogP contribution in [0.25, 0.3) is 10.1 Å². The minimum atomic E-state index is -4.79. The number of alkyl halides is 3. The molecule has 19 heavy (non-hydrogen) atoms. The zero-order valence-electron chi connectivity index (χ0n) is 8.89. The molecule has 0 atom stereocenters. The van der Waals surface area contributed by atoms with Crippen molar-refractivity contribution in [3.8, 4) is 0 Å². The van der Waals surface area contributed by atoms with E-state index < -0.39 is 33.3 Å². The minimum absolute atomic E-state index is 0.226. The molecule has 0 fully saturated rings. The average molecular weight is 291 g/mol. The van der Waals surface area contributed by atoms with Crippen molar-refractivity contribution in [1.82, 2.24) is 4.98 Å². The lowest BCUT2D eigenvalue weighted by molar-refractivity contribution is -0.383. The molecule has 0 aliphatic carbocycles. The monoisotopic (exact) mass is 291 g/mol. The summed E-state index contributed by atoms with van der Waals surface area (Å²) in [6, 6.07) is 0.908. The van der Waals surface area contributed by atoms with Crippen molar-refractivity contribution in [3.63, 3.8) is 0 Å². The van der Waals surface area contributed by atoms with Gasteiger partial charge in [0.2, 0.25) is 0 Å². The van der Waals surface area contributed by atoms with Crippen LogP contribution in [0.2, 0.25) is 0 Å². The summed E-state index contributed by atoms with van der Waals surface area (Å²) in [6.45, 7) is 0. The van der Waals surface area contributed by atoms with Crippen LogP contribution in [0.4, 0.5) is 24.0 Å². The Hall–Kier alpha value is -2.23. The van der Waals surface area contributed by atoms with E-state index in [0.717, 1.165) is 0 Å². The predicted molar refractivity (Wildman–Crippen MR) is 62.0 cm³/mol. The molecule has 0 unspecified atom stereocenters. The van der Waals surface area contributed by atoms with Crippen LogP contribution in [0.15, 0.2) is 16.9 Å². The number of benzene rings is 1. The number of fused-ring (bicyclic) bond motifs is 1. The van der Waals surface area contributed by atoms with Gasteiger partial charge in [0.1, 0.15) is 4.70 Å². The van der Waals surface area contributed by atoms with Crippen molar-refractivity contribution in [1.29, 1.82) is 0 Å². The second kappa shape index (κ2) is 4.16. The zero-order chi connectivity index (χ0) is 14.4. The molecule has 2 rings (SSSR count). The molecule has 0 radical (unpaired) electrons. The Morgan fingerprint density at radius 1 is 1.37 bits per heavy atom. The first kappa shape index (κ1) is 13.2. The van der Waals surface area contributed by atoms with Gasteiger partial charge in [-0.3, -0.25) is 14.9 Å². The SMILES string of the molecule is Nc1nc(=O)c2cc(C(F)(F)F)cc([N+](=O)[O-])c2s1. The average Bonchev–Trinajstić information content (AvgIpc) is 2.25. The van der Waals surface area contributed by atoms with E-state index in [9.17, 15) is 28.1 Å². The van der Waals surface area contributed by atoms with E-state index in [1.807, 2.05) is 0 Å². The number of hydrogen-bond donors (Lipinski definition) is 1. The lowest BCUT2D eigenvalue weighted by Crippen LogP contribution is -2.11. The van der Waals surface area contributed by atoms with Crippen molar-refractivity contribution >= 4 is 32.2 Å². The highest BCUT2D eigenvalue weighted by atomic mass is 32.1. The quantitative estimate of drug-likeness (QED) is 0.641. The Labute approximate surface area is 106 Å². The van der Waals surface area contributed by atoms with Gasteiger partial charge < -0.3 is 5.73 Å². The molecular formula is C9H4F3N3O3S. The highest BCUT2D eigenvalue weighted by Gasteiger charge is 2.34. The second-order valence-corrected chi connectivity index (χ2v) is 4.51. The van der Waals surface area contributed by atoms with Crippen LogP contribution in [0.1, 0.15) is 5.56 Å². The third-order valence-corrected chi connectivity index (χ3v) is 3.18. The van der Waals surface area contributed by atoms with Crippen LogP contribution in [-0.4, -0.2) is 9.91 Å². The zero-order valence-corrected chi connectivity index (χ0v) is 9.71. The predicted octanol–water partition coefficient (Wildman–Crippen LogP) is 2.17. The van der Waals surface area contributed by atoms with Gasteiger partial charge in [0.05, 0.1) is 15.9 Å². The summed E-state index contributed by atoms with van der Waals surface area (Å²) in [7, 11) is 0. The molecule has 0 aliphatic heterocycles. The highest BCUT2D eigenvalue weighted by Crippen LogP contribution is 2.37. The lowest BCUT2D eigenvalue weighted by atomic mass is 10.1. The molecule has 1 aromatic carbocycles. The number of halogens is 3. The number of nitro benzene ring substituents is 1. The number of aromatic nitrogens is 1. The van der Waals surface area contributed by atoms with Crippen LogP contribution in [0, 0.1) is 10.1 Å². The summed E-state index contributed by atoms with van der Waals surface area (Å²) >= 11 is 0.588. The number of nitrogens with zero attached hydrogens (tertiary/aromatic N) is 2. The number of nitrogens with two attached hydrogens (primary N) is 1. The molecule has 0 saturated heterocycles. The van der Waals surface area contributed by atoms with Crippen LogP contribution in [-0.2, 0) is 6.18 Å². The van der Waals surface area contributed by atoms with Crippen molar-refractivity contribution in [2.75, 3.05) is 5.73 Å². The van der Waals surface area contributed by atoms with Crippen molar-refractivity contribution < 1.29 is 18.1 Å². The van der Waals surface area contributed by atoms with Gasteiger partial charge in [0.25, 0.3) is 11.2 Å². The van der Waals surface area contributed by atoms with Gasteiger partial charge in [-0.1, -0.05) is 11.3 Å². The van der Waals surface area contributed by atoms with Gasteiger partial charge in [-0.05, 0) is 6.07 Å². The third-order valence-electron chi connectivity index (χ3n) is 2.24. The molecule has 2 aromatic rings. The molecule has 100 valence electrons. The molecule has 0 saturated carbocycles. The fourth-order valence-electron chi connectivity index (χ4n) is 1.47. The minimum Gasteiger partial charge on any atom is -0.375 e. The third kappa shape index (κ3) is 2.34. The van der Waals surface area contributed by atoms with Gasteiger partial charge in [-0.15, -0.1) is 0 Å². The molecule has 0 amide bonds. The summed E-state index contributed by atoms with van der Waals surface area (Å²) in [4.78, 5) is 24.6. The summed E-state index contributed by atoms with van der Waals surface area (Å²) in [5.74, 6) is 0. The number of nitro groups is 1. The number of rotatable bonds is 1. The summed E-state index contributed by atoms with van der Waals surface area (Å²) in [6.07, 6.45) is -4.79. The van der Waals surface area contributed by atoms with Crippen LogP contribution in [0.3, 0.4) is 0 Å². The maximum atomic E-state index is 12.6. The molecule has 0 bridgehead atoms. The van der Waals surface area contributed by atoms with Crippen LogP contribution >= 0.6 is 11.3 Å². The standard InChI is InChI=1S/C9H4F3N3O3S/c10-9(11,12)3-1-4-6(5(2-3)15(17)18)19-8(13)14-7(4)16/h1-2H,(H2,13,14,16). The maximum Gasteiger partial charge on any atom is 0.416 e. The van der Waals surface area contributed by atoms with E-state index in [4.69, 9.17) is 5.73 Å². The normalized spacial score (nSPS) is 11.7. The molecule has 2 N–H and O–H groups in total. The molecule has 6 nitrogen and oxygen atoms in total. The van der Waals surface area contributed by atoms with E-state index in [1.165, 1.54) is 0 Å². The Morgan fingerprint density at radius 3 is 2.53 bits per heavy atom. The van der Waals surface area contributed by atoms with Crippen molar-refractivity contribution in [2.45, 2.75) is 6.18 Å². The molecular weight excluding hydrogens is 287 g/mol. The number of non-ortho nitro benzene ring substituents is 1. The molecule has 0 aliphatic rings. The maximum absolute atomic E-state index is 12.6. The van der Waals surface area contributed by atoms with Crippen LogP contribution < -0.4 is 11.3 Å². The largest absolute Gasteiger partial charge is 0.416 e. The van der Waals surface area contributed by atoms with Crippen LogP contribution in [0.5, 0.6) is 0 Å². The van der Waals surface area contributed by atoms with E-state index in [0.29, 0.717) is 23.5 Å². The Morgan fingerprint density at radius 2 is 2.00 bits per heavy atom. The molecule has 0 spiro atoms. The molecule has 1 heterocycles. The Kier molecular flexibility index (Phi) is 2.89. The Bertz CT molecular complexity index is 741. The van der Waals surface area contributed by atoms with Gasteiger partial charge >= 0.3 is 6.18 Å². The smallest absolute Gasteiger partial charge is 0.375 e. The highest BCUT2D eigenvalue weighted by molar-refractivity contribution is 7.22. The summed E-state index contributed by atoms with van der Waals surface area (Å²) in [5, 5.41) is 10.1. The van der Waals surface area contributed by atoms with Gasteiger partial charge in [-0.2, -0.15) is 18.2 Å². The number of nitrogen functional groups attached to an aromatic ring is 1. The van der Waals surface area contributed by atoms with E-state index >= 15 is 0 Å². The topological polar surface area (TPSA) is 99.1 Å². The summed E-state index contributed by atoms with van der Waals surface area (Å²) in [5.41, 5.74) is 2.16.